The molecule has 202 valence electrons. The van der Waals surface area contributed by atoms with Crippen LogP contribution in [0, 0.1) is 5.92 Å². The number of piperidine rings is 1. The molecule has 8 heteroatoms. The van der Waals surface area contributed by atoms with Crippen LogP contribution in [0.1, 0.15) is 43.7 Å². The molecule has 2 aromatic carbocycles. The van der Waals surface area contributed by atoms with Crippen LogP contribution >= 0.6 is 0 Å². The molecule has 1 N–H and O–H groups in total. The Morgan fingerprint density at radius 1 is 1.03 bits per heavy atom. The SMILES string of the molecule is CC(C)c1ccccc1-c1ncc2[nH]c(=O)n(Cc3ccc(N4CC(C5CCN(C)CC5)=CN4C)cc3)c2n1. The Hall–Kier alpha value is -3.91. The van der Waals surface area contributed by atoms with Crippen LogP contribution in [-0.4, -0.2) is 63.2 Å². The lowest BCUT2D eigenvalue weighted by atomic mass is 9.90. The summed E-state index contributed by atoms with van der Waals surface area (Å²) < 4.78 is 1.70. The molecule has 4 heterocycles. The first-order valence-electron chi connectivity index (χ1n) is 13.9. The van der Waals surface area contributed by atoms with Crippen LogP contribution in [-0.2, 0) is 6.54 Å². The van der Waals surface area contributed by atoms with Gasteiger partial charge in [0.25, 0.3) is 0 Å². The average molecular weight is 524 g/mol. The first kappa shape index (κ1) is 25.4. The molecule has 0 amide bonds. The molecule has 6 rings (SSSR count). The second-order valence-corrected chi connectivity index (χ2v) is 11.3. The number of benzene rings is 2. The number of aromatic amines is 1. The van der Waals surface area contributed by atoms with Crippen molar-refractivity contribution < 1.29 is 0 Å². The summed E-state index contributed by atoms with van der Waals surface area (Å²) >= 11 is 0. The molecule has 0 radical (unpaired) electrons. The Kier molecular flexibility index (Phi) is 6.73. The Morgan fingerprint density at radius 3 is 2.51 bits per heavy atom. The van der Waals surface area contributed by atoms with Crippen LogP contribution in [0.3, 0.4) is 0 Å². The van der Waals surface area contributed by atoms with Crippen molar-refractivity contribution in [2.75, 3.05) is 38.7 Å². The van der Waals surface area contributed by atoms with Gasteiger partial charge in [-0.3, -0.25) is 14.6 Å². The predicted octanol–water partition coefficient (Wildman–Crippen LogP) is 4.85. The van der Waals surface area contributed by atoms with E-state index in [4.69, 9.17) is 4.98 Å². The number of imidazole rings is 1. The molecule has 0 saturated carbocycles. The van der Waals surface area contributed by atoms with Gasteiger partial charge in [-0.25, -0.2) is 14.8 Å². The third-order valence-corrected chi connectivity index (χ3v) is 8.22. The minimum absolute atomic E-state index is 0.177. The van der Waals surface area contributed by atoms with Crippen molar-refractivity contribution in [1.29, 1.82) is 0 Å². The molecule has 8 nitrogen and oxygen atoms in total. The van der Waals surface area contributed by atoms with Crippen molar-refractivity contribution in [3.8, 4) is 11.4 Å². The molecule has 2 aromatic heterocycles. The van der Waals surface area contributed by atoms with Gasteiger partial charge in [0.15, 0.2) is 11.5 Å². The van der Waals surface area contributed by atoms with E-state index in [-0.39, 0.29) is 5.69 Å². The molecule has 4 aromatic rings. The van der Waals surface area contributed by atoms with Gasteiger partial charge in [-0.05, 0) is 73.6 Å². The zero-order chi connectivity index (χ0) is 27.1. The van der Waals surface area contributed by atoms with Crippen LogP contribution < -0.4 is 10.7 Å². The average Bonchev–Trinajstić information content (AvgIpc) is 3.48. The maximum atomic E-state index is 12.9. The number of anilines is 1. The molecule has 0 atom stereocenters. The lowest BCUT2D eigenvalue weighted by Gasteiger charge is -2.30. The highest BCUT2D eigenvalue weighted by atomic mass is 16.1. The van der Waals surface area contributed by atoms with Crippen LogP contribution in [0.5, 0.6) is 0 Å². The van der Waals surface area contributed by atoms with Crippen molar-refractivity contribution in [3.63, 3.8) is 0 Å². The third-order valence-electron chi connectivity index (χ3n) is 8.22. The quantitative estimate of drug-likeness (QED) is 0.390. The van der Waals surface area contributed by atoms with Gasteiger partial charge in [0, 0.05) is 18.8 Å². The lowest BCUT2D eigenvalue weighted by Crippen LogP contribution is -2.34. The summed E-state index contributed by atoms with van der Waals surface area (Å²) in [5, 5.41) is 4.53. The van der Waals surface area contributed by atoms with Gasteiger partial charge in [0.2, 0.25) is 0 Å². The van der Waals surface area contributed by atoms with Crippen LogP contribution in [0.25, 0.3) is 22.6 Å². The molecular weight excluding hydrogens is 486 g/mol. The fourth-order valence-corrected chi connectivity index (χ4v) is 5.90. The van der Waals surface area contributed by atoms with E-state index in [1.165, 1.54) is 37.1 Å². The highest BCUT2D eigenvalue weighted by molar-refractivity contribution is 5.73. The number of likely N-dealkylation sites (tertiary alicyclic amines) is 1. The van der Waals surface area contributed by atoms with Crippen molar-refractivity contribution in [2.24, 2.45) is 5.92 Å². The highest BCUT2D eigenvalue weighted by Crippen LogP contribution is 2.32. The second kappa shape index (κ2) is 10.3. The molecule has 0 aliphatic carbocycles. The maximum absolute atomic E-state index is 12.9. The van der Waals surface area contributed by atoms with E-state index in [1.54, 1.807) is 10.8 Å². The number of nitrogens with zero attached hydrogens (tertiary/aromatic N) is 6. The van der Waals surface area contributed by atoms with Gasteiger partial charge < -0.3 is 9.88 Å². The third kappa shape index (κ3) is 4.96. The van der Waals surface area contributed by atoms with E-state index < -0.39 is 0 Å². The lowest BCUT2D eigenvalue weighted by molar-refractivity contribution is 0.238. The molecular formula is C31H37N7O. The van der Waals surface area contributed by atoms with Gasteiger partial charge in [-0.2, -0.15) is 0 Å². The van der Waals surface area contributed by atoms with Gasteiger partial charge in [-0.15, -0.1) is 0 Å². The first-order chi connectivity index (χ1) is 18.9. The number of rotatable bonds is 6. The summed E-state index contributed by atoms with van der Waals surface area (Å²) in [6.45, 7) is 8.05. The maximum Gasteiger partial charge on any atom is 0.328 e. The van der Waals surface area contributed by atoms with E-state index in [1.807, 2.05) is 18.2 Å². The van der Waals surface area contributed by atoms with Crippen LogP contribution in [0.2, 0.25) is 0 Å². The Labute approximate surface area is 229 Å². The number of aromatic nitrogens is 4. The number of nitrogens with one attached hydrogen (secondary N) is 1. The summed E-state index contributed by atoms with van der Waals surface area (Å²) in [5.74, 6) is 1.65. The number of hydrogen-bond donors (Lipinski definition) is 1. The topological polar surface area (TPSA) is 73.3 Å². The monoisotopic (exact) mass is 523 g/mol. The number of H-pyrrole nitrogens is 1. The van der Waals surface area contributed by atoms with Crippen molar-refractivity contribution in [2.45, 2.75) is 39.2 Å². The number of fused-ring (bicyclic) bond motifs is 1. The van der Waals surface area contributed by atoms with E-state index in [0.717, 1.165) is 23.4 Å². The zero-order valence-electron chi connectivity index (χ0n) is 23.3. The smallest absolute Gasteiger partial charge is 0.306 e. The molecule has 0 bridgehead atoms. The summed E-state index contributed by atoms with van der Waals surface area (Å²) in [4.78, 5) is 27.7. The Morgan fingerprint density at radius 2 is 1.77 bits per heavy atom. The molecule has 2 aliphatic rings. The molecule has 1 saturated heterocycles. The second-order valence-electron chi connectivity index (χ2n) is 11.3. The molecule has 0 spiro atoms. The molecule has 2 aliphatic heterocycles. The normalized spacial score (nSPS) is 17.0. The summed E-state index contributed by atoms with van der Waals surface area (Å²) in [5.41, 5.74) is 7.02. The largest absolute Gasteiger partial charge is 0.328 e. The summed E-state index contributed by atoms with van der Waals surface area (Å²) in [6, 6.07) is 16.7. The van der Waals surface area contributed by atoms with E-state index in [2.05, 4.69) is 89.4 Å². The highest BCUT2D eigenvalue weighted by Gasteiger charge is 2.27. The van der Waals surface area contributed by atoms with Crippen molar-refractivity contribution >= 4 is 16.9 Å². The van der Waals surface area contributed by atoms with Gasteiger partial charge in [-0.1, -0.05) is 50.2 Å². The number of hydrogen-bond acceptors (Lipinski definition) is 6. The van der Waals surface area contributed by atoms with Crippen LogP contribution in [0.4, 0.5) is 5.69 Å². The molecule has 0 unspecified atom stereocenters. The van der Waals surface area contributed by atoms with Gasteiger partial charge in [0.1, 0.15) is 5.52 Å². The fourth-order valence-electron chi connectivity index (χ4n) is 5.90. The van der Waals surface area contributed by atoms with Crippen molar-refractivity contribution in [3.05, 3.63) is 88.1 Å². The van der Waals surface area contributed by atoms with Crippen LogP contribution in [0.15, 0.2) is 71.3 Å². The Balaban J connectivity index is 1.22. The van der Waals surface area contributed by atoms with Gasteiger partial charge in [0.05, 0.1) is 25.0 Å². The number of hydrazine groups is 1. The molecule has 39 heavy (non-hydrogen) atoms. The first-order valence-corrected chi connectivity index (χ1v) is 13.9. The standard InChI is InChI=1S/C31H37N7O/c1-21(2)26-7-5-6-8-27(26)29-32-17-28-30(34-29)37(31(39)33-28)18-22-9-11-25(12-10-22)38-20-24(19-36(38)4)23-13-15-35(3)16-14-23/h5-12,17,19,21,23H,13-16,18,20H2,1-4H3,(H,33,39). The summed E-state index contributed by atoms with van der Waals surface area (Å²) in [6.07, 6.45) is 6.49. The van der Waals surface area contributed by atoms with Crippen molar-refractivity contribution in [1.82, 2.24) is 29.4 Å². The minimum atomic E-state index is -0.177. The molecule has 1 fully saturated rings. The fraction of sp³-hybridized carbons (Fsp3) is 0.387. The zero-order valence-corrected chi connectivity index (χ0v) is 23.3. The predicted molar refractivity (Wildman–Crippen MR) is 157 cm³/mol. The summed E-state index contributed by atoms with van der Waals surface area (Å²) in [7, 11) is 4.33. The minimum Gasteiger partial charge on any atom is -0.306 e. The Bertz CT molecular complexity index is 1560. The van der Waals surface area contributed by atoms with E-state index in [0.29, 0.717) is 35.4 Å². The van der Waals surface area contributed by atoms with E-state index in [9.17, 15) is 4.79 Å². The van der Waals surface area contributed by atoms with E-state index >= 15 is 0 Å². The van der Waals surface area contributed by atoms with Gasteiger partial charge >= 0.3 is 5.69 Å².